The van der Waals surface area contributed by atoms with Gasteiger partial charge in [0, 0.05) is 100 Å². The number of anilines is 5. The second-order valence-electron chi connectivity index (χ2n) is 28.1. The van der Waals surface area contributed by atoms with E-state index in [1.807, 2.05) is 18.2 Å². The number of benzene rings is 13. The lowest BCUT2D eigenvalue weighted by Gasteiger charge is -2.42. The topological polar surface area (TPSA) is 99.2 Å². The molecular formula is C92H66N10. The molecule has 10 nitrogen and oxygen atoms in total. The van der Waals surface area contributed by atoms with E-state index in [1.54, 1.807) is 0 Å². The molecule has 484 valence electrons. The smallest absolute Gasteiger partial charge is 0.138 e. The fraction of sp³-hybridized carbons (Fsp3) is 0.0652. The summed E-state index contributed by atoms with van der Waals surface area (Å²) in [5.41, 5.74) is 23.1. The van der Waals surface area contributed by atoms with Crippen molar-refractivity contribution >= 4 is 157 Å². The van der Waals surface area contributed by atoms with Gasteiger partial charge in [-0.3, -0.25) is 20.2 Å². The number of aliphatic imine (C=N–C) groups is 1. The number of hydrogen-bond donors (Lipinski definition) is 2. The molecule has 2 aliphatic heterocycles. The van der Waals surface area contributed by atoms with E-state index in [0.29, 0.717) is 5.69 Å². The van der Waals surface area contributed by atoms with Gasteiger partial charge in [-0.1, -0.05) is 173 Å². The van der Waals surface area contributed by atoms with Crippen LogP contribution in [0.4, 0.5) is 34.3 Å². The van der Waals surface area contributed by atoms with Crippen LogP contribution in [0, 0.1) is 10.8 Å². The second kappa shape index (κ2) is 22.2. The second-order valence-corrected chi connectivity index (χ2v) is 28.1. The fourth-order valence-corrected chi connectivity index (χ4v) is 17.2. The highest BCUT2D eigenvalue weighted by molar-refractivity contribution is 6.17. The highest BCUT2D eigenvalue weighted by atomic mass is 15.2. The predicted molar refractivity (Wildman–Crippen MR) is 427 cm³/mol. The zero-order valence-corrected chi connectivity index (χ0v) is 56.6. The van der Waals surface area contributed by atoms with Crippen molar-refractivity contribution in [3.8, 4) is 22.7 Å². The summed E-state index contributed by atoms with van der Waals surface area (Å²) in [6.07, 6.45) is 6.60. The first-order valence-corrected chi connectivity index (χ1v) is 34.9. The normalized spacial score (nSPS) is 14.0. The van der Waals surface area contributed by atoms with E-state index < -0.39 is 10.8 Å². The van der Waals surface area contributed by atoms with Crippen LogP contribution in [-0.4, -0.2) is 41.5 Å². The standard InChI is InChI=1S/C92H66N10/c1-91(2)71-53-59(97-77-29-13-5-21-63(77)64-22-6-14-30-78(64)97)39-43-85(71)101(86-44-40-60(54-72(86)91)98-79-31-15-7-23-65(79)66-24-8-16-32-80(66)98)89(94)47-37-57-52-76-58(51-75(57)95-50-49-93)38-48-90(96-76)102-87-45-41-61(99-81-33-17-9-25-67(81)68-26-10-18-34-82(68)99)55-73(87)92(3,4)74-56-62(42-46-88(74)102)100-83-35-19-11-27-69(83)70-28-12-20-36-84(70)100/h5-56,93-94H,1-4H3/b47-37-,93-49?,94-89?,95-50?. The average molecular weight is 1310 g/mol. The number of para-hydroxylation sites is 8. The van der Waals surface area contributed by atoms with Crippen molar-refractivity contribution < 1.29 is 0 Å². The van der Waals surface area contributed by atoms with Gasteiger partial charge in [0.25, 0.3) is 0 Å². The van der Waals surface area contributed by atoms with Gasteiger partial charge in [0.05, 0.1) is 78.1 Å². The van der Waals surface area contributed by atoms with Gasteiger partial charge in [-0.05, 0) is 180 Å². The van der Waals surface area contributed by atoms with Gasteiger partial charge < -0.3 is 23.7 Å². The van der Waals surface area contributed by atoms with Crippen LogP contribution in [0.3, 0.4) is 0 Å². The van der Waals surface area contributed by atoms with Gasteiger partial charge >= 0.3 is 0 Å². The van der Waals surface area contributed by atoms with Crippen molar-refractivity contribution in [2.24, 2.45) is 4.99 Å². The van der Waals surface area contributed by atoms with Crippen molar-refractivity contribution in [3.05, 3.63) is 325 Å². The summed E-state index contributed by atoms with van der Waals surface area (Å²) < 4.78 is 9.59. The fourth-order valence-electron chi connectivity index (χ4n) is 17.2. The largest absolute Gasteiger partial charge is 0.309 e. The number of fused-ring (bicyclic) bond motifs is 17. The van der Waals surface area contributed by atoms with Crippen LogP contribution in [0.2, 0.25) is 0 Å². The number of nitrogens with zero attached hydrogens (tertiary/aromatic N) is 8. The van der Waals surface area contributed by atoms with Gasteiger partial charge in [-0.2, -0.15) is 0 Å². The van der Waals surface area contributed by atoms with E-state index in [0.717, 1.165) is 123 Å². The number of amidine groups is 1. The SMILES string of the molecule is CC1(C)c2cc(-n3c4ccccc4c4ccccc43)ccc2N(C(=N)/C=C\c2cc3nc(N4c5ccc(-n6c7ccccc7c7ccccc76)cc5C(C)(C)c5cc(-n6c7ccccc7c7ccccc76)ccc54)ccc3cc2N=CC=N)c2ccc(-n3c4ccccc4c4ccccc43)cc21. The summed E-state index contributed by atoms with van der Waals surface area (Å²) in [6, 6.07) is 105. The molecule has 2 N–H and O–H groups in total. The summed E-state index contributed by atoms with van der Waals surface area (Å²) in [6.45, 7) is 9.38. The van der Waals surface area contributed by atoms with Crippen LogP contribution in [0.25, 0.3) is 127 Å². The molecule has 102 heavy (non-hydrogen) atoms. The molecule has 0 bridgehead atoms. The van der Waals surface area contributed by atoms with Crippen molar-refractivity contribution in [1.82, 2.24) is 23.3 Å². The molecule has 0 aliphatic carbocycles. The van der Waals surface area contributed by atoms with Gasteiger partial charge in [-0.25, -0.2) is 4.98 Å². The molecule has 0 atom stereocenters. The number of pyridine rings is 1. The van der Waals surface area contributed by atoms with Gasteiger partial charge in [0.2, 0.25) is 0 Å². The predicted octanol–water partition coefficient (Wildman–Crippen LogP) is 23.6. The summed E-state index contributed by atoms with van der Waals surface area (Å²) in [4.78, 5) is 15.0. The highest BCUT2D eigenvalue weighted by Crippen LogP contribution is 2.55. The molecule has 0 fully saturated rings. The molecule has 0 saturated carbocycles. The van der Waals surface area contributed by atoms with E-state index in [9.17, 15) is 5.41 Å². The van der Waals surface area contributed by atoms with Crippen LogP contribution >= 0.6 is 0 Å². The Morgan fingerprint density at radius 3 is 1.01 bits per heavy atom. The quantitative estimate of drug-likeness (QED) is 0.111. The molecule has 18 aromatic rings. The summed E-state index contributed by atoms with van der Waals surface area (Å²) in [5, 5.41) is 29.1. The molecule has 0 amide bonds. The van der Waals surface area contributed by atoms with Crippen LogP contribution < -0.4 is 9.80 Å². The lowest BCUT2D eigenvalue weighted by Crippen LogP contribution is -2.35. The number of rotatable bonds is 9. The van der Waals surface area contributed by atoms with Gasteiger partial charge in [0.1, 0.15) is 11.7 Å². The highest BCUT2D eigenvalue weighted by Gasteiger charge is 2.41. The van der Waals surface area contributed by atoms with Crippen molar-refractivity contribution in [2.75, 3.05) is 9.80 Å². The van der Waals surface area contributed by atoms with Crippen LogP contribution in [0.5, 0.6) is 0 Å². The van der Waals surface area contributed by atoms with E-state index in [1.165, 1.54) is 66.6 Å². The Balaban J connectivity index is 0.741. The molecule has 0 spiro atoms. The molecule has 7 heterocycles. The maximum absolute atomic E-state index is 10.5. The zero-order valence-electron chi connectivity index (χ0n) is 56.6. The zero-order chi connectivity index (χ0) is 68.3. The summed E-state index contributed by atoms with van der Waals surface area (Å²) in [5.74, 6) is 1.04. The van der Waals surface area contributed by atoms with Crippen LogP contribution in [0.15, 0.2) is 302 Å². The lowest BCUT2D eigenvalue weighted by atomic mass is 9.73. The van der Waals surface area contributed by atoms with E-state index in [-0.39, 0.29) is 5.84 Å². The van der Waals surface area contributed by atoms with E-state index in [4.69, 9.17) is 15.4 Å². The van der Waals surface area contributed by atoms with Crippen LogP contribution in [0.1, 0.15) is 55.5 Å². The molecule has 5 aromatic heterocycles. The third kappa shape index (κ3) is 8.59. The third-order valence-corrected chi connectivity index (χ3v) is 21.9. The van der Waals surface area contributed by atoms with Crippen molar-refractivity contribution in [3.63, 3.8) is 0 Å². The van der Waals surface area contributed by atoms with Gasteiger partial charge in [-0.15, -0.1) is 0 Å². The first-order chi connectivity index (χ1) is 50.0. The number of nitrogens with one attached hydrogen (secondary N) is 2. The number of aromatic nitrogens is 5. The molecule has 20 rings (SSSR count). The van der Waals surface area contributed by atoms with E-state index >= 15 is 0 Å². The minimum absolute atomic E-state index is 0.274. The lowest BCUT2D eigenvalue weighted by molar-refractivity contribution is 0.630. The molecule has 0 radical (unpaired) electrons. The Labute approximate surface area is 588 Å². The number of hydrogen-bond acceptors (Lipinski definition) is 5. The summed E-state index contributed by atoms with van der Waals surface area (Å²) in [7, 11) is 0. The van der Waals surface area contributed by atoms with E-state index in [2.05, 4.69) is 341 Å². The maximum atomic E-state index is 10.5. The Hall–Kier alpha value is -13.2. The van der Waals surface area contributed by atoms with Gasteiger partial charge in [0.15, 0.2) is 0 Å². The Bertz CT molecular complexity index is 6170. The minimum Gasteiger partial charge on any atom is -0.309 e. The maximum Gasteiger partial charge on any atom is 0.138 e. The monoisotopic (exact) mass is 1310 g/mol. The minimum atomic E-state index is -0.528. The van der Waals surface area contributed by atoms with Crippen molar-refractivity contribution in [2.45, 2.75) is 38.5 Å². The molecule has 2 aliphatic rings. The van der Waals surface area contributed by atoms with Crippen LogP contribution in [-0.2, 0) is 10.8 Å². The Morgan fingerprint density at radius 1 is 0.363 bits per heavy atom. The molecule has 0 unspecified atom stereocenters. The molecule has 0 saturated heterocycles. The first kappa shape index (κ1) is 58.9. The average Bonchev–Trinajstić information content (AvgIpc) is 0.864. The molecular weight excluding hydrogens is 1250 g/mol. The molecule has 13 aromatic carbocycles. The first-order valence-electron chi connectivity index (χ1n) is 34.9. The Morgan fingerprint density at radius 2 is 0.676 bits per heavy atom. The molecule has 10 heteroatoms. The Kier molecular flexibility index (Phi) is 12.8. The third-order valence-electron chi connectivity index (χ3n) is 21.9. The van der Waals surface area contributed by atoms with Crippen molar-refractivity contribution in [1.29, 1.82) is 10.8 Å². The summed E-state index contributed by atoms with van der Waals surface area (Å²) >= 11 is 0.